The van der Waals surface area contributed by atoms with E-state index in [9.17, 15) is 13.2 Å². The van der Waals surface area contributed by atoms with Crippen LogP contribution in [0.5, 0.6) is 0 Å². The van der Waals surface area contributed by atoms with E-state index in [-0.39, 0.29) is 10.7 Å². The number of sulfone groups is 1. The van der Waals surface area contributed by atoms with Gasteiger partial charge in [-0.3, -0.25) is 4.79 Å². The number of nitrogens with one attached hydrogen (secondary N) is 1. The summed E-state index contributed by atoms with van der Waals surface area (Å²) in [6.45, 7) is 0. The van der Waals surface area contributed by atoms with E-state index in [1.54, 1.807) is 30.6 Å². The number of benzene rings is 1. The number of hydrogen-bond donors (Lipinski definition) is 1. The Kier molecular flexibility index (Phi) is 2.85. The van der Waals surface area contributed by atoms with Gasteiger partial charge in [0.15, 0.2) is 15.6 Å². The second kappa shape index (κ2) is 4.18. The molecule has 0 atom stereocenters. The summed E-state index contributed by atoms with van der Waals surface area (Å²) in [5.74, 6) is -0.197. The van der Waals surface area contributed by atoms with Gasteiger partial charge in [-0.05, 0) is 18.2 Å². The summed E-state index contributed by atoms with van der Waals surface area (Å²) in [6.07, 6.45) is 4.34. The van der Waals surface area contributed by atoms with Gasteiger partial charge in [0.25, 0.3) is 0 Å². The van der Waals surface area contributed by atoms with Crippen molar-refractivity contribution < 1.29 is 13.2 Å². The van der Waals surface area contributed by atoms with Gasteiger partial charge < -0.3 is 4.98 Å². The number of carbonyl (C=O) groups excluding carboxylic acids is 1. The minimum atomic E-state index is -3.29. The molecule has 0 unspecified atom stereocenters. The first kappa shape index (κ1) is 11.6. The number of aromatic amines is 1. The van der Waals surface area contributed by atoms with Crippen molar-refractivity contribution in [2.24, 2.45) is 0 Å². The third kappa shape index (κ3) is 2.45. The molecule has 1 N–H and O–H groups in total. The molecule has 0 radical (unpaired) electrons. The van der Waals surface area contributed by atoms with E-state index >= 15 is 0 Å². The van der Waals surface area contributed by atoms with E-state index in [1.165, 1.54) is 12.1 Å². The molecule has 4 nitrogen and oxygen atoms in total. The maximum atomic E-state index is 12.0. The molecule has 2 aromatic rings. The first-order valence-electron chi connectivity index (χ1n) is 4.96. The van der Waals surface area contributed by atoms with Crippen LogP contribution in [0.25, 0.3) is 0 Å². The lowest BCUT2D eigenvalue weighted by Crippen LogP contribution is -2.03. The second-order valence-electron chi connectivity index (χ2n) is 3.73. The normalized spacial score (nSPS) is 11.4. The molecule has 0 saturated heterocycles. The minimum absolute atomic E-state index is 0.152. The molecule has 0 amide bonds. The smallest absolute Gasteiger partial charge is 0.194 e. The minimum Gasteiger partial charge on any atom is -0.367 e. The fraction of sp³-hybridized carbons (Fsp3) is 0.0833. The lowest BCUT2D eigenvalue weighted by Gasteiger charge is -2.01. The summed E-state index contributed by atoms with van der Waals surface area (Å²) in [4.78, 5) is 14.9. The first-order chi connectivity index (χ1) is 7.98. The molecule has 0 bridgehead atoms. The average Bonchev–Trinajstić information content (AvgIpc) is 2.80. The van der Waals surface area contributed by atoms with Crippen molar-refractivity contribution in [3.05, 3.63) is 53.9 Å². The lowest BCUT2D eigenvalue weighted by atomic mass is 10.1. The molecule has 1 aromatic heterocycles. The van der Waals surface area contributed by atoms with Gasteiger partial charge in [-0.15, -0.1) is 0 Å². The van der Waals surface area contributed by atoms with Crippen molar-refractivity contribution in [2.75, 3.05) is 6.26 Å². The average molecular weight is 249 g/mol. The largest absolute Gasteiger partial charge is 0.367 e. The summed E-state index contributed by atoms with van der Waals surface area (Å²) < 4.78 is 22.8. The van der Waals surface area contributed by atoms with Gasteiger partial charge >= 0.3 is 0 Å². The molecule has 5 heteroatoms. The standard InChI is InChI=1S/C12H11NO3S/c1-17(15,16)11-4-2-3-9(7-11)12(14)10-5-6-13-8-10/h2-8,13H,1H3. The number of hydrogen-bond acceptors (Lipinski definition) is 3. The van der Waals surface area contributed by atoms with Crippen molar-refractivity contribution in [2.45, 2.75) is 4.90 Å². The Morgan fingerprint density at radius 3 is 2.53 bits per heavy atom. The summed E-state index contributed by atoms with van der Waals surface area (Å²) in [5.41, 5.74) is 0.878. The van der Waals surface area contributed by atoms with Crippen LogP contribution in [0.1, 0.15) is 15.9 Å². The molecule has 1 heterocycles. The van der Waals surface area contributed by atoms with Gasteiger partial charge in [-0.1, -0.05) is 12.1 Å². The van der Waals surface area contributed by atoms with Crippen LogP contribution in [0.15, 0.2) is 47.6 Å². The molecule has 0 fully saturated rings. The monoisotopic (exact) mass is 249 g/mol. The number of ketones is 1. The molecular weight excluding hydrogens is 238 g/mol. The van der Waals surface area contributed by atoms with Gasteiger partial charge in [0, 0.05) is 29.8 Å². The van der Waals surface area contributed by atoms with Crippen molar-refractivity contribution >= 4 is 15.6 Å². The van der Waals surface area contributed by atoms with Crippen LogP contribution in [0, 0.1) is 0 Å². The third-order valence-corrected chi connectivity index (χ3v) is 3.49. The van der Waals surface area contributed by atoms with Gasteiger partial charge in [0.1, 0.15) is 0 Å². The molecule has 0 aliphatic rings. The highest BCUT2D eigenvalue weighted by molar-refractivity contribution is 7.90. The van der Waals surface area contributed by atoms with E-state index in [4.69, 9.17) is 0 Å². The molecular formula is C12H11NO3S. The summed E-state index contributed by atoms with van der Waals surface area (Å²) in [6, 6.07) is 7.68. The molecule has 0 aliphatic carbocycles. The van der Waals surface area contributed by atoms with Crippen molar-refractivity contribution in [3.63, 3.8) is 0 Å². The number of H-pyrrole nitrogens is 1. The Labute approximate surface area is 99.2 Å². The summed E-state index contributed by atoms with van der Waals surface area (Å²) in [7, 11) is -3.29. The van der Waals surface area contributed by atoms with Crippen LogP contribution in [0.2, 0.25) is 0 Å². The number of carbonyl (C=O) groups is 1. The first-order valence-corrected chi connectivity index (χ1v) is 6.85. The topological polar surface area (TPSA) is 67.0 Å². The molecule has 88 valence electrons. The van der Waals surface area contributed by atoms with Crippen LogP contribution < -0.4 is 0 Å². The highest BCUT2D eigenvalue weighted by Gasteiger charge is 2.13. The van der Waals surface area contributed by atoms with E-state index in [2.05, 4.69) is 4.98 Å². The molecule has 0 saturated carbocycles. The van der Waals surface area contributed by atoms with E-state index in [1.807, 2.05) is 0 Å². The van der Waals surface area contributed by atoms with Gasteiger partial charge in [0.2, 0.25) is 0 Å². The number of aromatic nitrogens is 1. The molecule has 2 rings (SSSR count). The van der Waals surface area contributed by atoms with Gasteiger partial charge in [-0.25, -0.2) is 8.42 Å². The highest BCUT2D eigenvalue weighted by Crippen LogP contribution is 2.14. The molecule has 1 aromatic carbocycles. The maximum absolute atomic E-state index is 12.0. The summed E-state index contributed by atoms with van der Waals surface area (Å²) >= 11 is 0. The Morgan fingerprint density at radius 2 is 1.94 bits per heavy atom. The fourth-order valence-electron chi connectivity index (χ4n) is 1.50. The van der Waals surface area contributed by atoms with Gasteiger partial charge in [-0.2, -0.15) is 0 Å². The zero-order valence-corrected chi connectivity index (χ0v) is 9.99. The fourth-order valence-corrected chi connectivity index (χ4v) is 2.17. The Balaban J connectivity index is 2.45. The molecule has 17 heavy (non-hydrogen) atoms. The Hall–Kier alpha value is -1.88. The van der Waals surface area contributed by atoms with Crippen LogP contribution >= 0.6 is 0 Å². The highest BCUT2D eigenvalue weighted by atomic mass is 32.2. The zero-order valence-electron chi connectivity index (χ0n) is 9.17. The van der Waals surface area contributed by atoms with E-state index in [0.717, 1.165) is 6.26 Å². The molecule has 0 spiro atoms. The van der Waals surface area contributed by atoms with Crippen LogP contribution in [-0.4, -0.2) is 25.4 Å². The van der Waals surface area contributed by atoms with E-state index < -0.39 is 9.84 Å². The van der Waals surface area contributed by atoms with E-state index in [0.29, 0.717) is 11.1 Å². The predicted molar refractivity (Wildman–Crippen MR) is 63.8 cm³/mol. The predicted octanol–water partition coefficient (Wildman–Crippen LogP) is 1.65. The Morgan fingerprint density at radius 1 is 1.18 bits per heavy atom. The molecule has 0 aliphatic heterocycles. The lowest BCUT2D eigenvalue weighted by molar-refractivity contribution is 0.103. The van der Waals surface area contributed by atoms with Gasteiger partial charge in [0.05, 0.1) is 4.90 Å². The quantitative estimate of drug-likeness (QED) is 0.841. The van der Waals surface area contributed by atoms with Crippen molar-refractivity contribution in [1.82, 2.24) is 4.98 Å². The van der Waals surface area contributed by atoms with Crippen molar-refractivity contribution in [1.29, 1.82) is 0 Å². The van der Waals surface area contributed by atoms with Crippen LogP contribution in [0.4, 0.5) is 0 Å². The SMILES string of the molecule is CS(=O)(=O)c1cccc(C(=O)c2cc[nH]c2)c1. The van der Waals surface area contributed by atoms with Crippen molar-refractivity contribution in [3.8, 4) is 0 Å². The zero-order chi connectivity index (χ0) is 12.5. The Bertz CT molecular complexity index is 642. The van der Waals surface area contributed by atoms with Crippen LogP contribution in [0.3, 0.4) is 0 Å². The van der Waals surface area contributed by atoms with Crippen LogP contribution in [-0.2, 0) is 9.84 Å². The third-order valence-electron chi connectivity index (χ3n) is 2.38. The second-order valence-corrected chi connectivity index (χ2v) is 5.74. The number of rotatable bonds is 3. The maximum Gasteiger partial charge on any atom is 0.194 e. The summed E-state index contributed by atoms with van der Waals surface area (Å²) in [5, 5.41) is 0.